The second-order valence-corrected chi connectivity index (χ2v) is 8.97. The lowest BCUT2D eigenvalue weighted by Gasteiger charge is -2.34. The number of anilines is 1. The van der Waals surface area contributed by atoms with E-state index in [1.165, 1.54) is 0 Å². The monoisotopic (exact) mass is 498 g/mol. The molecule has 2 aromatic carbocycles. The molecule has 0 spiro atoms. The van der Waals surface area contributed by atoms with Gasteiger partial charge < -0.3 is 23.8 Å². The molecule has 1 aliphatic heterocycles. The Morgan fingerprint density at radius 1 is 0.946 bits per heavy atom. The van der Waals surface area contributed by atoms with Crippen molar-refractivity contribution in [1.82, 2.24) is 24.4 Å². The van der Waals surface area contributed by atoms with Crippen molar-refractivity contribution in [2.24, 2.45) is 0 Å². The van der Waals surface area contributed by atoms with Crippen molar-refractivity contribution in [3.8, 4) is 11.1 Å². The van der Waals surface area contributed by atoms with Gasteiger partial charge in [-0.15, -0.1) is 0 Å². The molecule has 10 nitrogen and oxygen atoms in total. The Hall–Kier alpha value is -4.47. The number of carbonyl (C=O) groups excluding carboxylic acids is 2. The molecule has 2 aromatic heterocycles. The van der Waals surface area contributed by atoms with Gasteiger partial charge in [0.1, 0.15) is 12.1 Å². The predicted octanol–water partition coefficient (Wildman–Crippen LogP) is 3.42. The number of benzene rings is 2. The van der Waals surface area contributed by atoms with Gasteiger partial charge in [-0.3, -0.25) is 4.79 Å². The minimum Gasteiger partial charge on any atom is -0.465 e. The molecule has 1 amide bonds. The smallest absolute Gasteiger partial charge is 0.410 e. The van der Waals surface area contributed by atoms with Gasteiger partial charge in [0.25, 0.3) is 0 Å². The zero-order valence-electron chi connectivity index (χ0n) is 20.4. The van der Waals surface area contributed by atoms with Gasteiger partial charge in [-0.05, 0) is 18.1 Å². The summed E-state index contributed by atoms with van der Waals surface area (Å²) in [5.74, 6) is 0.207. The first kappa shape index (κ1) is 23.0. The Morgan fingerprint density at radius 2 is 1.62 bits per heavy atom. The lowest BCUT2D eigenvalue weighted by molar-refractivity contribution is -0.143. The van der Waals surface area contributed by atoms with E-state index in [4.69, 9.17) is 9.47 Å². The van der Waals surface area contributed by atoms with E-state index in [1.54, 1.807) is 28.9 Å². The normalized spacial score (nSPS) is 14.9. The molecular formula is C27H26N6O4. The number of rotatable bonds is 5. The molecule has 1 fully saturated rings. The number of fused-ring (bicyclic) bond motifs is 4. The van der Waals surface area contributed by atoms with Crippen LogP contribution in [-0.2, 0) is 20.8 Å². The van der Waals surface area contributed by atoms with Crippen LogP contribution in [0.4, 0.5) is 10.7 Å². The number of piperazine rings is 1. The lowest BCUT2D eigenvalue weighted by atomic mass is 10.1. The van der Waals surface area contributed by atoms with E-state index in [0.29, 0.717) is 49.9 Å². The standard InChI is InChI=1S/C27H26N6O4/c1-2-36-23(34)16-33-17-29-25-22(33)15-28-26(30-25)31-11-13-32(14-12-31)27(35)37-24-20-9-5-3-7-18(20)19-8-4-6-10-21(19)24/h3-10,15,17,24H,2,11-14,16H2,1H3. The zero-order chi connectivity index (χ0) is 25.4. The minimum absolute atomic E-state index is 0.0593. The summed E-state index contributed by atoms with van der Waals surface area (Å²) in [7, 11) is 0. The summed E-state index contributed by atoms with van der Waals surface area (Å²) in [6, 6.07) is 16.1. The molecule has 4 aromatic rings. The minimum atomic E-state index is -0.409. The summed E-state index contributed by atoms with van der Waals surface area (Å²) in [6.45, 7) is 4.28. The van der Waals surface area contributed by atoms with Gasteiger partial charge in [0.05, 0.1) is 19.1 Å². The number of carbonyl (C=O) groups is 2. The number of hydrogen-bond acceptors (Lipinski definition) is 8. The lowest BCUT2D eigenvalue weighted by Crippen LogP contribution is -2.49. The molecule has 10 heteroatoms. The number of imidazole rings is 1. The maximum atomic E-state index is 13.1. The summed E-state index contributed by atoms with van der Waals surface area (Å²) in [5, 5.41) is 0. The molecule has 0 radical (unpaired) electrons. The van der Waals surface area contributed by atoms with Crippen LogP contribution in [0, 0.1) is 0 Å². The molecule has 1 saturated heterocycles. The second-order valence-electron chi connectivity index (χ2n) is 8.97. The second kappa shape index (κ2) is 9.53. The number of esters is 1. The Morgan fingerprint density at radius 3 is 2.30 bits per heavy atom. The predicted molar refractivity (Wildman–Crippen MR) is 136 cm³/mol. The van der Waals surface area contributed by atoms with Crippen molar-refractivity contribution in [3.05, 3.63) is 72.2 Å². The third-order valence-corrected chi connectivity index (χ3v) is 6.79. The summed E-state index contributed by atoms with van der Waals surface area (Å²) < 4.78 is 12.7. The highest BCUT2D eigenvalue weighted by Gasteiger charge is 2.33. The molecular weight excluding hydrogens is 472 g/mol. The van der Waals surface area contributed by atoms with E-state index >= 15 is 0 Å². The average Bonchev–Trinajstić information content (AvgIpc) is 3.47. The van der Waals surface area contributed by atoms with Crippen LogP contribution < -0.4 is 4.90 Å². The number of hydrogen-bond donors (Lipinski definition) is 0. The third kappa shape index (κ3) is 4.24. The van der Waals surface area contributed by atoms with Crippen LogP contribution in [0.1, 0.15) is 24.2 Å². The number of nitrogens with zero attached hydrogens (tertiary/aromatic N) is 6. The van der Waals surface area contributed by atoms with Crippen LogP contribution in [-0.4, -0.2) is 69.3 Å². The van der Waals surface area contributed by atoms with Gasteiger partial charge >= 0.3 is 12.1 Å². The first-order valence-electron chi connectivity index (χ1n) is 12.3. The molecule has 0 bridgehead atoms. The summed E-state index contributed by atoms with van der Waals surface area (Å²) in [4.78, 5) is 42.1. The Bertz CT molecular complexity index is 1430. The molecule has 1 aliphatic carbocycles. The van der Waals surface area contributed by atoms with Gasteiger partial charge in [0.2, 0.25) is 5.95 Å². The molecule has 0 unspecified atom stereocenters. The van der Waals surface area contributed by atoms with Crippen molar-refractivity contribution < 1.29 is 19.1 Å². The van der Waals surface area contributed by atoms with Crippen molar-refractivity contribution in [2.45, 2.75) is 19.6 Å². The van der Waals surface area contributed by atoms with Gasteiger partial charge in [0.15, 0.2) is 11.8 Å². The van der Waals surface area contributed by atoms with Crippen molar-refractivity contribution in [1.29, 1.82) is 0 Å². The molecule has 0 saturated carbocycles. The van der Waals surface area contributed by atoms with E-state index in [1.807, 2.05) is 41.3 Å². The van der Waals surface area contributed by atoms with E-state index in [-0.39, 0.29) is 18.6 Å². The van der Waals surface area contributed by atoms with Crippen LogP contribution in [0.3, 0.4) is 0 Å². The van der Waals surface area contributed by atoms with Gasteiger partial charge in [-0.1, -0.05) is 48.5 Å². The van der Waals surface area contributed by atoms with Crippen LogP contribution in [0.2, 0.25) is 0 Å². The Labute approximate surface area is 213 Å². The topological polar surface area (TPSA) is 103 Å². The van der Waals surface area contributed by atoms with E-state index in [2.05, 4.69) is 27.1 Å². The van der Waals surface area contributed by atoms with E-state index < -0.39 is 6.10 Å². The Balaban J connectivity index is 1.11. The van der Waals surface area contributed by atoms with Crippen LogP contribution >= 0.6 is 0 Å². The molecule has 3 heterocycles. The number of ether oxygens (including phenoxy) is 2. The van der Waals surface area contributed by atoms with Crippen molar-refractivity contribution in [2.75, 3.05) is 37.7 Å². The number of amides is 1. The highest BCUT2D eigenvalue weighted by molar-refractivity contribution is 5.80. The maximum Gasteiger partial charge on any atom is 0.410 e. The fourth-order valence-corrected chi connectivity index (χ4v) is 4.97. The van der Waals surface area contributed by atoms with E-state index in [9.17, 15) is 9.59 Å². The van der Waals surface area contributed by atoms with Gasteiger partial charge in [-0.25, -0.2) is 14.8 Å². The summed E-state index contributed by atoms with van der Waals surface area (Å²) >= 11 is 0. The average molecular weight is 499 g/mol. The van der Waals surface area contributed by atoms with Crippen LogP contribution in [0.5, 0.6) is 0 Å². The fraction of sp³-hybridized carbons (Fsp3) is 0.296. The molecule has 2 aliphatic rings. The number of aromatic nitrogens is 4. The quantitative estimate of drug-likeness (QED) is 0.386. The highest BCUT2D eigenvalue weighted by Crippen LogP contribution is 2.45. The van der Waals surface area contributed by atoms with Gasteiger partial charge in [0, 0.05) is 37.3 Å². The SMILES string of the molecule is CCOC(=O)Cn1cnc2nc(N3CCN(C(=O)OC4c5ccccc5-c5ccccc54)CC3)ncc21. The van der Waals surface area contributed by atoms with Gasteiger partial charge in [-0.2, -0.15) is 4.98 Å². The largest absolute Gasteiger partial charge is 0.465 e. The third-order valence-electron chi connectivity index (χ3n) is 6.79. The first-order chi connectivity index (χ1) is 18.1. The maximum absolute atomic E-state index is 13.1. The van der Waals surface area contributed by atoms with Crippen molar-refractivity contribution in [3.63, 3.8) is 0 Å². The molecule has 6 rings (SSSR count). The molecule has 0 N–H and O–H groups in total. The van der Waals surface area contributed by atoms with Crippen molar-refractivity contribution >= 4 is 29.2 Å². The first-order valence-corrected chi connectivity index (χ1v) is 12.3. The molecule has 0 atom stereocenters. The summed E-state index contributed by atoms with van der Waals surface area (Å²) in [5.41, 5.74) is 5.42. The van der Waals surface area contributed by atoms with Crippen LogP contribution in [0.25, 0.3) is 22.3 Å². The fourth-order valence-electron chi connectivity index (χ4n) is 4.97. The Kier molecular flexibility index (Phi) is 5.91. The zero-order valence-corrected chi connectivity index (χ0v) is 20.4. The van der Waals surface area contributed by atoms with E-state index in [0.717, 1.165) is 22.3 Å². The molecule has 37 heavy (non-hydrogen) atoms. The highest BCUT2D eigenvalue weighted by atomic mass is 16.6. The summed E-state index contributed by atoms with van der Waals surface area (Å²) in [6.07, 6.45) is 2.49. The van der Waals surface area contributed by atoms with Crippen LogP contribution in [0.15, 0.2) is 61.1 Å². The molecule has 188 valence electrons.